The number of rotatable bonds is 4. The van der Waals surface area contributed by atoms with E-state index in [0.29, 0.717) is 30.8 Å². The van der Waals surface area contributed by atoms with Gasteiger partial charge in [-0.3, -0.25) is 0 Å². The normalized spacial score (nSPS) is 24.2. The van der Waals surface area contributed by atoms with Crippen molar-refractivity contribution in [3.05, 3.63) is 17.6 Å². The lowest BCUT2D eigenvalue weighted by Gasteiger charge is -2.42. The van der Waals surface area contributed by atoms with Crippen LogP contribution in [-0.2, 0) is 9.47 Å². The van der Waals surface area contributed by atoms with Gasteiger partial charge in [0.15, 0.2) is 5.65 Å². The second-order valence-corrected chi connectivity index (χ2v) is 11.6. The zero-order valence-electron chi connectivity index (χ0n) is 22.0. The number of carbonyl (C=O) groups excluding carboxylic acids is 2. The number of hydrogen-bond acceptors (Lipinski definition) is 8. The van der Waals surface area contributed by atoms with Gasteiger partial charge in [0.25, 0.3) is 0 Å². The maximum Gasteiger partial charge on any atom is 0.410 e. The van der Waals surface area contributed by atoms with E-state index in [1.54, 1.807) is 9.42 Å². The van der Waals surface area contributed by atoms with Crippen molar-refractivity contribution in [1.29, 1.82) is 0 Å². The van der Waals surface area contributed by atoms with Crippen LogP contribution in [-0.4, -0.2) is 84.5 Å². The van der Waals surface area contributed by atoms with Crippen molar-refractivity contribution in [2.75, 3.05) is 18.4 Å². The minimum absolute atomic E-state index is 0.123. The summed E-state index contributed by atoms with van der Waals surface area (Å²) in [4.78, 5) is 37.9. The Kier molecular flexibility index (Phi) is 6.20. The Morgan fingerprint density at radius 2 is 1.75 bits per heavy atom. The summed E-state index contributed by atoms with van der Waals surface area (Å²) in [5.41, 5.74) is 1.40. The Morgan fingerprint density at radius 1 is 1.08 bits per heavy atom. The molecule has 3 aliphatic rings. The van der Waals surface area contributed by atoms with Crippen LogP contribution in [0.2, 0.25) is 0 Å². The van der Waals surface area contributed by atoms with E-state index in [9.17, 15) is 9.59 Å². The van der Waals surface area contributed by atoms with E-state index in [2.05, 4.69) is 34.2 Å². The molecule has 1 N–H and O–H groups in total. The predicted octanol–water partition coefficient (Wildman–Crippen LogP) is 3.72. The Morgan fingerprint density at radius 3 is 2.36 bits per heavy atom. The predicted molar refractivity (Wildman–Crippen MR) is 133 cm³/mol. The van der Waals surface area contributed by atoms with Crippen molar-refractivity contribution < 1.29 is 19.1 Å². The highest BCUT2D eigenvalue weighted by Crippen LogP contribution is 2.37. The Bertz CT molecular complexity index is 1140. The van der Waals surface area contributed by atoms with Gasteiger partial charge in [0.2, 0.25) is 5.95 Å². The van der Waals surface area contributed by atoms with Crippen LogP contribution in [0.1, 0.15) is 77.6 Å². The number of ether oxygens (including phenoxy) is 2. The summed E-state index contributed by atoms with van der Waals surface area (Å²) >= 11 is 0. The SMILES string of the molecule is Cc1nc(NC2CC3CCC(C2)N3C(=O)OC2CN(C(=O)OC(C)(C)C)C2)n2ncc(C(C)C)c2n1. The molecule has 2 unspecified atom stereocenters. The van der Waals surface area contributed by atoms with Gasteiger partial charge in [-0.15, -0.1) is 0 Å². The van der Waals surface area contributed by atoms with E-state index < -0.39 is 5.60 Å². The number of hydrogen-bond donors (Lipinski definition) is 1. The molecule has 2 aromatic rings. The largest absolute Gasteiger partial charge is 0.444 e. The van der Waals surface area contributed by atoms with E-state index >= 15 is 0 Å². The Balaban J connectivity index is 1.18. The van der Waals surface area contributed by atoms with Crippen LogP contribution in [0.25, 0.3) is 5.65 Å². The lowest BCUT2D eigenvalue weighted by molar-refractivity contribution is -0.0485. The quantitative estimate of drug-likeness (QED) is 0.677. The molecule has 3 saturated heterocycles. The molecule has 0 saturated carbocycles. The van der Waals surface area contributed by atoms with Gasteiger partial charge in [-0.2, -0.15) is 14.6 Å². The zero-order chi connectivity index (χ0) is 25.8. The van der Waals surface area contributed by atoms with E-state index in [-0.39, 0.29) is 36.4 Å². The summed E-state index contributed by atoms with van der Waals surface area (Å²) in [6.07, 6.45) is 4.51. The molecule has 3 aliphatic heterocycles. The lowest BCUT2D eigenvalue weighted by Crippen LogP contribution is -2.58. The number of fused-ring (bicyclic) bond motifs is 3. The van der Waals surface area contributed by atoms with Gasteiger partial charge in [-0.1, -0.05) is 13.8 Å². The van der Waals surface area contributed by atoms with Crippen molar-refractivity contribution >= 4 is 23.8 Å². The lowest BCUT2D eigenvalue weighted by atomic mass is 9.98. The van der Waals surface area contributed by atoms with Crippen LogP contribution in [0.5, 0.6) is 0 Å². The monoisotopic (exact) mass is 499 g/mol. The van der Waals surface area contributed by atoms with Crippen LogP contribution >= 0.6 is 0 Å². The molecule has 5 rings (SSSR count). The van der Waals surface area contributed by atoms with Crippen molar-refractivity contribution in [2.24, 2.45) is 0 Å². The second kappa shape index (κ2) is 9.08. The topological polar surface area (TPSA) is 114 Å². The van der Waals surface area contributed by atoms with Gasteiger partial charge in [0, 0.05) is 23.7 Å². The number of aryl methyl sites for hydroxylation is 1. The molecule has 2 bridgehead atoms. The molecule has 11 heteroatoms. The fourth-order valence-electron chi connectivity index (χ4n) is 5.47. The van der Waals surface area contributed by atoms with Crippen LogP contribution in [0.15, 0.2) is 6.20 Å². The molecule has 0 radical (unpaired) electrons. The van der Waals surface area contributed by atoms with Crippen molar-refractivity contribution in [1.82, 2.24) is 29.4 Å². The second-order valence-electron chi connectivity index (χ2n) is 11.6. The minimum Gasteiger partial charge on any atom is -0.444 e. The smallest absolute Gasteiger partial charge is 0.410 e. The van der Waals surface area contributed by atoms with Gasteiger partial charge in [0.1, 0.15) is 17.5 Å². The highest BCUT2D eigenvalue weighted by atomic mass is 16.6. The molecule has 2 aromatic heterocycles. The first-order valence-electron chi connectivity index (χ1n) is 12.9. The summed E-state index contributed by atoms with van der Waals surface area (Å²) < 4.78 is 12.9. The molecule has 0 aromatic carbocycles. The number of piperidine rings is 1. The molecule has 36 heavy (non-hydrogen) atoms. The molecule has 0 spiro atoms. The average molecular weight is 500 g/mol. The zero-order valence-corrected chi connectivity index (χ0v) is 22.0. The van der Waals surface area contributed by atoms with Crippen LogP contribution in [0, 0.1) is 6.92 Å². The summed E-state index contributed by atoms with van der Waals surface area (Å²) in [7, 11) is 0. The van der Waals surface area contributed by atoms with Crippen molar-refractivity contribution in [2.45, 2.75) is 103 Å². The fourth-order valence-corrected chi connectivity index (χ4v) is 5.47. The molecule has 5 heterocycles. The van der Waals surface area contributed by atoms with E-state index in [0.717, 1.165) is 36.9 Å². The van der Waals surface area contributed by atoms with Crippen LogP contribution < -0.4 is 5.32 Å². The number of carbonyl (C=O) groups is 2. The fraction of sp³-hybridized carbons (Fsp3) is 0.720. The maximum atomic E-state index is 13.0. The van der Waals surface area contributed by atoms with Gasteiger partial charge >= 0.3 is 12.2 Å². The number of nitrogens with one attached hydrogen (secondary N) is 1. The van der Waals surface area contributed by atoms with E-state index in [1.807, 2.05) is 38.8 Å². The molecular weight excluding hydrogens is 462 g/mol. The number of likely N-dealkylation sites (tertiary alicyclic amines) is 1. The number of amides is 2. The van der Waals surface area contributed by atoms with Gasteiger partial charge in [0.05, 0.1) is 19.3 Å². The number of anilines is 1. The molecule has 2 amide bonds. The van der Waals surface area contributed by atoms with Crippen LogP contribution in [0.3, 0.4) is 0 Å². The standard InChI is InChI=1S/C25H37N7O4/c1-14(2)20-11-26-32-21(20)27-15(3)28-22(32)29-16-9-17-7-8-18(10-16)31(17)24(34)35-19-12-30(13-19)23(33)36-25(4,5)6/h11,14,16-19H,7-10,12-13H2,1-6H3,(H,27,28,29). The van der Waals surface area contributed by atoms with Crippen molar-refractivity contribution in [3.8, 4) is 0 Å². The highest BCUT2D eigenvalue weighted by Gasteiger charge is 2.46. The summed E-state index contributed by atoms with van der Waals surface area (Å²) in [5.74, 6) is 1.72. The summed E-state index contributed by atoms with van der Waals surface area (Å²) in [6.45, 7) is 12.4. The first-order chi connectivity index (χ1) is 17.0. The molecular formula is C25H37N7O4. The highest BCUT2D eigenvalue weighted by molar-refractivity contribution is 5.71. The molecule has 0 aliphatic carbocycles. The average Bonchev–Trinajstić information content (AvgIpc) is 3.27. The number of aromatic nitrogens is 4. The summed E-state index contributed by atoms with van der Waals surface area (Å²) in [5, 5.41) is 8.13. The molecule has 196 valence electrons. The van der Waals surface area contributed by atoms with Gasteiger partial charge in [-0.05, 0) is 59.3 Å². The Labute approximate surface area is 211 Å². The van der Waals surface area contributed by atoms with E-state index in [1.165, 1.54) is 0 Å². The first-order valence-corrected chi connectivity index (χ1v) is 12.9. The maximum absolute atomic E-state index is 13.0. The molecule has 3 fully saturated rings. The molecule has 11 nitrogen and oxygen atoms in total. The molecule has 2 atom stereocenters. The van der Waals surface area contributed by atoms with E-state index in [4.69, 9.17) is 9.47 Å². The third-order valence-electron chi connectivity index (χ3n) is 7.17. The van der Waals surface area contributed by atoms with Crippen molar-refractivity contribution in [3.63, 3.8) is 0 Å². The van der Waals surface area contributed by atoms with Crippen LogP contribution in [0.4, 0.5) is 15.5 Å². The third-order valence-corrected chi connectivity index (χ3v) is 7.17. The van der Waals surface area contributed by atoms with Gasteiger partial charge in [-0.25, -0.2) is 14.6 Å². The van der Waals surface area contributed by atoms with Gasteiger partial charge < -0.3 is 24.6 Å². The third kappa shape index (κ3) is 4.79. The first kappa shape index (κ1) is 24.6. The minimum atomic E-state index is -0.541. The Hall–Kier alpha value is -3.11. The summed E-state index contributed by atoms with van der Waals surface area (Å²) in [6, 6.07) is 0.429. The number of nitrogens with zero attached hydrogens (tertiary/aromatic N) is 6.